The van der Waals surface area contributed by atoms with E-state index in [1.54, 1.807) is 29.2 Å². The highest BCUT2D eigenvalue weighted by Gasteiger charge is 2.42. The Kier molecular flexibility index (Phi) is 8.21. The number of unbranched alkanes of at least 4 members (excludes halogenated alkanes) is 1. The smallest absolute Gasteiger partial charge is 0.267 e. The third kappa shape index (κ3) is 5.37. The summed E-state index contributed by atoms with van der Waals surface area (Å²) < 4.78 is 13.6. The van der Waals surface area contributed by atoms with E-state index in [0.29, 0.717) is 38.6 Å². The van der Waals surface area contributed by atoms with Crippen LogP contribution in [0.5, 0.6) is 0 Å². The maximum absolute atomic E-state index is 13.6. The number of carbonyl (C=O) groups excluding carboxylic acids is 3. The molecular formula is C27H28FN3O3S2. The lowest BCUT2D eigenvalue weighted by Gasteiger charge is -2.21. The predicted octanol–water partition coefficient (Wildman–Crippen LogP) is 5.60. The number of thiocarbonyl (C=S) groups is 1. The molecule has 1 fully saturated rings. The van der Waals surface area contributed by atoms with E-state index in [1.807, 2.05) is 0 Å². The second kappa shape index (κ2) is 11.3. The van der Waals surface area contributed by atoms with Crippen molar-refractivity contribution in [1.82, 2.24) is 4.90 Å². The lowest BCUT2D eigenvalue weighted by atomic mass is 9.98. The van der Waals surface area contributed by atoms with Gasteiger partial charge in [-0.2, -0.15) is 0 Å². The van der Waals surface area contributed by atoms with Gasteiger partial charge in [0, 0.05) is 17.8 Å². The molecule has 4 rings (SSSR count). The van der Waals surface area contributed by atoms with Crippen LogP contribution in [-0.4, -0.2) is 40.0 Å². The maximum atomic E-state index is 13.6. The Labute approximate surface area is 219 Å². The summed E-state index contributed by atoms with van der Waals surface area (Å²) >= 11 is 6.70. The fourth-order valence-electron chi connectivity index (χ4n) is 4.42. The number of rotatable bonds is 9. The van der Waals surface area contributed by atoms with Crippen molar-refractivity contribution >= 4 is 63.0 Å². The Balaban J connectivity index is 1.58. The van der Waals surface area contributed by atoms with Crippen molar-refractivity contribution < 1.29 is 18.8 Å². The predicted molar refractivity (Wildman–Crippen MR) is 146 cm³/mol. The zero-order valence-corrected chi connectivity index (χ0v) is 21.9. The zero-order valence-electron chi connectivity index (χ0n) is 20.3. The number of hydrogen-bond donors (Lipinski definition) is 1. The Morgan fingerprint density at radius 1 is 1.06 bits per heavy atom. The summed E-state index contributed by atoms with van der Waals surface area (Å²) in [5, 5.41) is 2.68. The molecule has 0 saturated carbocycles. The van der Waals surface area contributed by atoms with Crippen LogP contribution >= 0.6 is 24.0 Å². The molecule has 6 nitrogen and oxygen atoms in total. The van der Waals surface area contributed by atoms with Gasteiger partial charge in [0.1, 0.15) is 16.7 Å². The fourth-order valence-corrected chi connectivity index (χ4v) is 5.76. The Hall–Kier alpha value is -3.04. The Bertz CT molecular complexity index is 1230. The molecule has 2 aromatic carbocycles. The van der Waals surface area contributed by atoms with Crippen molar-refractivity contribution in [3.05, 3.63) is 64.8 Å². The van der Waals surface area contributed by atoms with Gasteiger partial charge in [0.2, 0.25) is 5.91 Å². The third-order valence-corrected chi connectivity index (χ3v) is 7.86. The number of fused-ring (bicyclic) bond motifs is 1. The lowest BCUT2D eigenvalue weighted by Crippen LogP contribution is -2.36. The van der Waals surface area contributed by atoms with Crippen molar-refractivity contribution in [2.75, 3.05) is 23.3 Å². The van der Waals surface area contributed by atoms with Crippen LogP contribution < -0.4 is 10.2 Å². The zero-order chi connectivity index (χ0) is 25.8. The van der Waals surface area contributed by atoms with E-state index >= 15 is 0 Å². The average molecular weight is 526 g/mol. The average Bonchev–Trinajstić information content (AvgIpc) is 3.30. The normalized spacial score (nSPS) is 18.1. The SMILES string of the molecule is CCCC[C@H](CC)CN1C(=O)/C(=C2/C(=O)N(CC(=O)Nc3ccc(F)cc3)c3ccccc32)SC1=S. The number of halogens is 1. The molecule has 1 atom stereocenters. The summed E-state index contributed by atoms with van der Waals surface area (Å²) in [5.41, 5.74) is 1.87. The van der Waals surface area contributed by atoms with E-state index < -0.39 is 17.6 Å². The Morgan fingerprint density at radius 3 is 2.47 bits per heavy atom. The number of benzene rings is 2. The van der Waals surface area contributed by atoms with Gasteiger partial charge in [-0.15, -0.1) is 0 Å². The minimum atomic E-state index is -0.430. The molecule has 0 aliphatic carbocycles. The molecule has 0 bridgehead atoms. The van der Waals surface area contributed by atoms with Crippen LogP contribution in [0, 0.1) is 11.7 Å². The second-order valence-electron chi connectivity index (χ2n) is 8.87. The van der Waals surface area contributed by atoms with Crippen molar-refractivity contribution in [2.45, 2.75) is 39.5 Å². The van der Waals surface area contributed by atoms with Crippen molar-refractivity contribution in [1.29, 1.82) is 0 Å². The van der Waals surface area contributed by atoms with Gasteiger partial charge in [-0.1, -0.05) is 75.3 Å². The molecule has 2 aliphatic heterocycles. The van der Waals surface area contributed by atoms with Gasteiger partial charge in [-0.05, 0) is 42.7 Å². The van der Waals surface area contributed by atoms with Gasteiger partial charge in [0.25, 0.3) is 11.8 Å². The summed E-state index contributed by atoms with van der Waals surface area (Å²) in [4.78, 5) is 43.1. The van der Waals surface area contributed by atoms with Crippen molar-refractivity contribution in [3.63, 3.8) is 0 Å². The molecular weight excluding hydrogens is 497 g/mol. The van der Waals surface area contributed by atoms with Gasteiger partial charge >= 0.3 is 0 Å². The molecule has 36 heavy (non-hydrogen) atoms. The van der Waals surface area contributed by atoms with Crippen LogP contribution in [-0.2, 0) is 14.4 Å². The number of anilines is 2. The number of hydrogen-bond acceptors (Lipinski definition) is 5. The minimum absolute atomic E-state index is 0.244. The number of thioether (sulfide) groups is 1. The maximum Gasteiger partial charge on any atom is 0.267 e. The van der Waals surface area contributed by atoms with Crippen LogP contribution in [0.15, 0.2) is 53.4 Å². The number of nitrogens with one attached hydrogen (secondary N) is 1. The summed E-state index contributed by atoms with van der Waals surface area (Å²) in [5.74, 6) is -1.16. The summed E-state index contributed by atoms with van der Waals surface area (Å²) in [6.45, 7) is 4.55. The van der Waals surface area contributed by atoms with E-state index in [9.17, 15) is 18.8 Å². The monoisotopic (exact) mass is 525 g/mol. The number of carbonyl (C=O) groups is 3. The highest BCUT2D eigenvalue weighted by Crippen LogP contribution is 2.44. The van der Waals surface area contributed by atoms with Gasteiger partial charge in [0.15, 0.2) is 0 Å². The molecule has 1 N–H and O–H groups in total. The van der Waals surface area contributed by atoms with Crippen molar-refractivity contribution in [3.8, 4) is 0 Å². The van der Waals surface area contributed by atoms with Gasteiger partial charge in [0.05, 0.1) is 16.2 Å². The van der Waals surface area contributed by atoms with Crippen LogP contribution in [0.4, 0.5) is 15.8 Å². The van der Waals surface area contributed by atoms with Crippen LogP contribution in [0.25, 0.3) is 5.57 Å². The summed E-state index contributed by atoms with van der Waals surface area (Å²) in [6.07, 6.45) is 4.15. The highest BCUT2D eigenvalue weighted by molar-refractivity contribution is 8.26. The standard InChI is InChI=1S/C27H28FN3O3S2/c1-3-5-8-17(4-2)15-31-26(34)24(36-27(31)35)23-20-9-6-7-10-21(20)30(25(23)33)16-22(32)29-19-13-11-18(28)12-14-19/h6-7,9-14,17H,3-5,8,15-16H2,1-2H3,(H,29,32)/b24-23-/t17-/m0/s1. The molecule has 2 aromatic rings. The molecule has 2 heterocycles. The van der Waals surface area contributed by atoms with Gasteiger partial charge < -0.3 is 5.32 Å². The molecule has 188 valence electrons. The molecule has 9 heteroatoms. The van der Waals surface area contributed by atoms with Crippen LogP contribution in [0.1, 0.15) is 45.1 Å². The summed E-state index contributed by atoms with van der Waals surface area (Å²) in [7, 11) is 0. The van der Waals surface area contributed by atoms with E-state index in [4.69, 9.17) is 12.2 Å². The fraction of sp³-hybridized carbons (Fsp3) is 0.333. The quantitative estimate of drug-likeness (QED) is 0.341. The first kappa shape index (κ1) is 26.0. The molecule has 2 aliphatic rings. The highest BCUT2D eigenvalue weighted by atomic mass is 32.2. The van der Waals surface area contributed by atoms with Gasteiger partial charge in [-0.3, -0.25) is 24.2 Å². The van der Waals surface area contributed by atoms with Crippen LogP contribution in [0.3, 0.4) is 0 Å². The van der Waals surface area contributed by atoms with E-state index in [-0.39, 0.29) is 18.0 Å². The first-order valence-electron chi connectivity index (χ1n) is 12.1. The van der Waals surface area contributed by atoms with Crippen molar-refractivity contribution in [2.24, 2.45) is 5.92 Å². The van der Waals surface area contributed by atoms with E-state index in [1.165, 1.54) is 29.2 Å². The topological polar surface area (TPSA) is 69.7 Å². The van der Waals surface area contributed by atoms with E-state index in [0.717, 1.165) is 37.4 Å². The lowest BCUT2D eigenvalue weighted by molar-refractivity contribution is -0.123. The molecule has 0 spiro atoms. The van der Waals surface area contributed by atoms with Crippen LogP contribution in [0.2, 0.25) is 0 Å². The molecule has 0 aromatic heterocycles. The summed E-state index contributed by atoms with van der Waals surface area (Å²) in [6, 6.07) is 12.5. The minimum Gasteiger partial charge on any atom is -0.325 e. The number of amides is 3. The number of para-hydroxylation sites is 1. The first-order valence-corrected chi connectivity index (χ1v) is 13.3. The van der Waals surface area contributed by atoms with E-state index in [2.05, 4.69) is 19.2 Å². The molecule has 0 radical (unpaired) electrons. The molecule has 3 amide bonds. The number of nitrogens with zero attached hydrogens (tertiary/aromatic N) is 2. The Morgan fingerprint density at radius 2 is 1.78 bits per heavy atom. The second-order valence-corrected chi connectivity index (χ2v) is 10.5. The molecule has 0 unspecified atom stereocenters. The van der Waals surface area contributed by atoms with Gasteiger partial charge in [-0.25, -0.2) is 4.39 Å². The third-order valence-electron chi connectivity index (χ3n) is 6.41. The largest absolute Gasteiger partial charge is 0.325 e. The molecule has 1 saturated heterocycles. The first-order chi connectivity index (χ1) is 17.3.